The number of aliphatic carboxylic acids is 1. The molecule has 0 fully saturated rings. The molecule has 0 bridgehead atoms. The predicted octanol–water partition coefficient (Wildman–Crippen LogP) is 4.33. The number of nitrogens with one attached hydrogen (secondary N) is 1. The molecule has 6 heteroatoms. The Bertz CT molecular complexity index is 919. The predicted molar refractivity (Wildman–Crippen MR) is 138 cm³/mol. The van der Waals surface area contributed by atoms with Gasteiger partial charge in [0.05, 0.1) is 18.8 Å². The van der Waals surface area contributed by atoms with Crippen LogP contribution in [0.4, 0.5) is 0 Å². The first-order valence-corrected chi connectivity index (χ1v) is 12.7. The molecule has 1 aliphatic rings. The maximum atomic E-state index is 10.6. The number of carboxylic acids is 1. The lowest BCUT2D eigenvalue weighted by molar-refractivity contribution is -0.142. The maximum absolute atomic E-state index is 10.6. The molecule has 35 heavy (non-hydrogen) atoms. The van der Waals surface area contributed by atoms with Crippen molar-refractivity contribution in [1.82, 2.24) is 5.32 Å². The molecule has 192 valence electrons. The van der Waals surface area contributed by atoms with Gasteiger partial charge in [-0.1, -0.05) is 48.5 Å². The lowest BCUT2D eigenvalue weighted by Gasteiger charge is -2.31. The van der Waals surface area contributed by atoms with Gasteiger partial charge >= 0.3 is 5.97 Å². The van der Waals surface area contributed by atoms with Crippen LogP contribution in [-0.4, -0.2) is 54.2 Å². The Morgan fingerprint density at radius 2 is 1.77 bits per heavy atom. The highest BCUT2D eigenvalue weighted by Crippen LogP contribution is 2.32. The Morgan fingerprint density at radius 1 is 1.11 bits per heavy atom. The summed E-state index contributed by atoms with van der Waals surface area (Å²) in [5.41, 5.74) is 5.14. The molecular formula is C29H41NO5. The minimum absolute atomic E-state index is 0.0609. The number of fused-ring (bicyclic) bond motifs is 1. The van der Waals surface area contributed by atoms with E-state index in [9.17, 15) is 9.90 Å². The molecule has 1 aliphatic carbocycles. The number of ether oxygens (including phenoxy) is 2. The molecule has 2 atom stereocenters. The topological polar surface area (TPSA) is 88.0 Å². The first-order chi connectivity index (χ1) is 16.7. The van der Waals surface area contributed by atoms with Gasteiger partial charge in [0.2, 0.25) is 0 Å². The first kappa shape index (κ1) is 27.3. The van der Waals surface area contributed by atoms with E-state index in [0.717, 1.165) is 43.2 Å². The van der Waals surface area contributed by atoms with Crippen molar-refractivity contribution in [3.63, 3.8) is 0 Å². The van der Waals surface area contributed by atoms with Crippen molar-refractivity contribution in [2.45, 2.75) is 70.6 Å². The number of β-amino-alcohol motifs (C(OH)–C–C–N with tert-alkyl or cyclic N) is 1. The number of aliphatic hydroxyl groups is 1. The van der Waals surface area contributed by atoms with Crippen LogP contribution in [0.5, 0.6) is 0 Å². The van der Waals surface area contributed by atoms with E-state index < -0.39 is 12.1 Å². The number of rotatable bonds is 15. The second-order valence-corrected chi connectivity index (χ2v) is 10.4. The Labute approximate surface area is 209 Å². The van der Waals surface area contributed by atoms with Gasteiger partial charge in [-0.05, 0) is 81.0 Å². The number of aryl methyl sites for hydroxylation is 1. The largest absolute Gasteiger partial charge is 0.480 e. The summed E-state index contributed by atoms with van der Waals surface area (Å²) >= 11 is 0. The second-order valence-electron chi connectivity index (χ2n) is 10.4. The summed E-state index contributed by atoms with van der Waals surface area (Å²) in [4.78, 5) is 10.6. The van der Waals surface area contributed by atoms with Crippen molar-refractivity contribution in [2.75, 3.05) is 26.4 Å². The van der Waals surface area contributed by atoms with Crippen LogP contribution in [0.3, 0.4) is 0 Å². The minimum Gasteiger partial charge on any atom is -0.480 e. The van der Waals surface area contributed by atoms with Crippen LogP contribution < -0.4 is 5.32 Å². The number of hydrogen-bond acceptors (Lipinski definition) is 5. The van der Waals surface area contributed by atoms with Crippen LogP contribution in [0.1, 0.15) is 62.0 Å². The minimum atomic E-state index is -0.951. The first-order valence-electron chi connectivity index (χ1n) is 12.7. The lowest BCUT2D eigenvalue weighted by Crippen LogP contribution is -2.45. The van der Waals surface area contributed by atoms with Gasteiger partial charge in [-0.3, -0.25) is 0 Å². The molecular weight excluding hydrogens is 442 g/mol. The fourth-order valence-electron chi connectivity index (χ4n) is 5.07. The summed E-state index contributed by atoms with van der Waals surface area (Å²) in [5, 5.41) is 22.8. The van der Waals surface area contributed by atoms with Gasteiger partial charge in [0.15, 0.2) is 0 Å². The normalized spacial score (nSPS) is 15.7. The van der Waals surface area contributed by atoms with E-state index in [4.69, 9.17) is 14.6 Å². The highest BCUT2D eigenvalue weighted by atomic mass is 16.5. The van der Waals surface area contributed by atoms with Crippen LogP contribution in [-0.2, 0) is 33.5 Å². The number of carboxylic acid groups (broad SMARTS) is 1. The quantitative estimate of drug-likeness (QED) is 0.327. The summed E-state index contributed by atoms with van der Waals surface area (Å²) in [6.07, 6.45) is 4.12. The van der Waals surface area contributed by atoms with Crippen molar-refractivity contribution in [3.8, 4) is 0 Å². The monoisotopic (exact) mass is 483 g/mol. The van der Waals surface area contributed by atoms with Crippen LogP contribution in [0, 0.1) is 5.92 Å². The zero-order chi connectivity index (χ0) is 25.3. The molecule has 0 radical (unpaired) electrons. The van der Waals surface area contributed by atoms with E-state index in [-0.39, 0.29) is 24.9 Å². The summed E-state index contributed by atoms with van der Waals surface area (Å²) in [6.45, 7) is 7.31. The number of benzene rings is 2. The van der Waals surface area contributed by atoms with E-state index in [1.54, 1.807) is 0 Å². The third kappa shape index (κ3) is 9.04. The van der Waals surface area contributed by atoms with Gasteiger partial charge < -0.3 is 25.0 Å². The molecule has 6 nitrogen and oxygen atoms in total. The van der Waals surface area contributed by atoms with Gasteiger partial charge in [0, 0.05) is 18.7 Å². The Hall–Kier alpha value is -2.25. The zero-order valence-electron chi connectivity index (χ0n) is 21.3. The maximum Gasteiger partial charge on any atom is 0.329 e. The molecule has 0 saturated heterocycles. The molecule has 0 aromatic heterocycles. The molecule has 3 rings (SSSR count). The highest BCUT2D eigenvalue weighted by Gasteiger charge is 2.28. The van der Waals surface area contributed by atoms with E-state index >= 15 is 0 Å². The summed E-state index contributed by atoms with van der Waals surface area (Å²) in [6, 6.07) is 16.8. The molecule has 2 aromatic rings. The third-order valence-corrected chi connectivity index (χ3v) is 6.74. The van der Waals surface area contributed by atoms with Crippen molar-refractivity contribution in [3.05, 3.63) is 70.8 Å². The second kappa shape index (κ2) is 13.2. The number of aliphatic hydroxyl groups excluding tert-OH is 1. The van der Waals surface area contributed by atoms with Gasteiger partial charge in [-0.2, -0.15) is 0 Å². The molecule has 0 saturated carbocycles. The standard InChI is InChI=1S/C29H41NO5/c1-21(27-13-7-6-9-23(27)12-8-14-34-20-28(32)33)35-19-26(31)18-30-29(2,3)17-22-15-24-10-4-5-11-25(24)16-22/h4-7,9-11,13,21-22,26,30-31H,8,12,14-20H2,1-3H3,(H,32,33)/t21-,26-/m1/s1. The van der Waals surface area contributed by atoms with Gasteiger partial charge in [-0.15, -0.1) is 0 Å². The van der Waals surface area contributed by atoms with Gasteiger partial charge in [0.1, 0.15) is 6.61 Å². The Kier molecular flexibility index (Phi) is 10.3. The summed E-state index contributed by atoms with van der Waals surface area (Å²) < 4.78 is 11.2. The van der Waals surface area contributed by atoms with Crippen molar-refractivity contribution in [1.29, 1.82) is 0 Å². The lowest BCUT2D eigenvalue weighted by atomic mass is 9.88. The fourth-order valence-corrected chi connectivity index (χ4v) is 5.07. The summed E-state index contributed by atoms with van der Waals surface area (Å²) in [5.74, 6) is -0.317. The summed E-state index contributed by atoms with van der Waals surface area (Å²) in [7, 11) is 0. The molecule has 0 heterocycles. The number of carbonyl (C=O) groups is 1. The molecule has 0 unspecified atom stereocenters. The Morgan fingerprint density at radius 3 is 2.46 bits per heavy atom. The molecule has 3 N–H and O–H groups in total. The van der Waals surface area contributed by atoms with Crippen molar-refractivity contribution in [2.24, 2.45) is 5.92 Å². The highest BCUT2D eigenvalue weighted by molar-refractivity contribution is 5.67. The average Bonchev–Trinajstić information content (AvgIpc) is 3.22. The smallest absolute Gasteiger partial charge is 0.329 e. The molecule has 0 spiro atoms. The van der Waals surface area contributed by atoms with Gasteiger partial charge in [-0.25, -0.2) is 4.79 Å². The zero-order valence-corrected chi connectivity index (χ0v) is 21.3. The van der Waals surface area contributed by atoms with E-state index in [2.05, 4.69) is 49.5 Å². The van der Waals surface area contributed by atoms with Crippen LogP contribution in [0.15, 0.2) is 48.5 Å². The number of hydrogen-bond donors (Lipinski definition) is 3. The third-order valence-electron chi connectivity index (χ3n) is 6.74. The van der Waals surface area contributed by atoms with Crippen LogP contribution in [0.2, 0.25) is 0 Å². The SMILES string of the molecule is C[C@@H](OC[C@H](O)CNC(C)(C)CC1Cc2ccccc2C1)c1ccccc1CCCOCC(=O)O. The van der Waals surface area contributed by atoms with Crippen LogP contribution >= 0.6 is 0 Å². The Balaban J connectivity index is 1.39. The van der Waals surface area contributed by atoms with Crippen LogP contribution in [0.25, 0.3) is 0 Å². The average molecular weight is 484 g/mol. The fraction of sp³-hybridized carbons (Fsp3) is 0.552. The van der Waals surface area contributed by atoms with Crippen molar-refractivity contribution >= 4 is 5.97 Å². The van der Waals surface area contributed by atoms with E-state index in [1.165, 1.54) is 11.1 Å². The van der Waals surface area contributed by atoms with Crippen molar-refractivity contribution < 1.29 is 24.5 Å². The van der Waals surface area contributed by atoms with Gasteiger partial charge in [0.25, 0.3) is 0 Å². The molecule has 0 amide bonds. The molecule has 2 aromatic carbocycles. The van der Waals surface area contributed by atoms with E-state index in [1.807, 2.05) is 25.1 Å². The van der Waals surface area contributed by atoms with E-state index in [0.29, 0.717) is 19.1 Å². The molecule has 0 aliphatic heterocycles.